The fourth-order valence-corrected chi connectivity index (χ4v) is 2.12. The van der Waals surface area contributed by atoms with Gasteiger partial charge in [-0.05, 0) is 39.8 Å². The number of rotatable bonds is 7. The number of likely N-dealkylation sites (N-methyl/N-ethyl adjacent to an activating group) is 1. The molecule has 6 heteroatoms. The number of hydrogen-bond acceptors (Lipinski definition) is 3. The average Bonchev–Trinajstić information content (AvgIpc) is 2.38. The largest absolute Gasteiger partial charge is 0.492 e. The number of quaternary nitrogens is 1. The van der Waals surface area contributed by atoms with Gasteiger partial charge in [-0.15, -0.1) is 0 Å². The molecule has 0 aliphatic carbocycles. The average molecular weight is 322 g/mol. The molecule has 1 aromatic rings. The molecular weight excluding hydrogens is 294 g/mol. The molecule has 0 aromatic heterocycles. The predicted molar refractivity (Wildman–Crippen MR) is 90.8 cm³/mol. The Labute approximate surface area is 138 Å². The first-order chi connectivity index (χ1) is 10.7. The van der Waals surface area contributed by atoms with E-state index in [-0.39, 0.29) is 30.4 Å². The molecular formula is C17H28N3O3+. The minimum absolute atomic E-state index is 0.0717. The van der Waals surface area contributed by atoms with Gasteiger partial charge in [0.1, 0.15) is 5.75 Å². The van der Waals surface area contributed by atoms with Crippen LogP contribution in [0, 0.1) is 0 Å². The Hall–Kier alpha value is -2.08. The minimum Gasteiger partial charge on any atom is -0.492 e. The molecule has 0 heterocycles. The van der Waals surface area contributed by atoms with Crippen molar-refractivity contribution in [2.24, 2.45) is 0 Å². The third-order valence-corrected chi connectivity index (χ3v) is 2.90. The maximum Gasteiger partial charge on any atom is 0.279 e. The van der Waals surface area contributed by atoms with Crippen molar-refractivity contribution in [1.82, 2.24) is 5.32 Å². The first-order valence-corrected chi connectivity index (χ1v) is 7.85. The molecule has 0 bridgehead atoms. The van der Waals surface area contributed by atoms with Crippen LogP contribution in [0.25, 0.3) is 0 Å². The van der Waals surface area contributed by atoms with E-state index in [1.165, 1.54) is 0 Å². The lowest BCUT2D eigenvalue weighted by molar-refractivity contribution is -0.862. The first kappa shape index (κ1) is 19.0. The van der Waals surface area contributed by atoms with Crippen LogP contribution in [0.4, 0.5) is 5.69 Å². The summed E-state index contributed by atoms with van der Waals surface area (Å²) in [5.41, 5.74) is 0.377. The van der Waals surface area contributed by atoms with Gasteiger partial charge in [0.15, 0.2) is 13.1 Å². The molecule has 1 aromatic carbocycles. The number of amides is 2. The molecule has 1 rings (SSSR count). The zero-order valence-corrected chi connectivity index (χ0v) is 14.7. The number of carbonyl (C=O) groups is 2. The highest BCUT2D eigenvalue weighted by Gasteiger charge is 2.19. The molecule has 0 spiro atoms. The standard InChI is InChI=1S/C17H27N3O3/c1-6-23-14-10-8-7-9-13(14)18-15(21)11-20(5)12-16(22)19-17(2,3)4/h7-10H,6,11-12H2,1-5H3,(H,18,21)(H,19,22)/p+1. The number of hydrogen-bond donors (Lipinski definition) is 3. The van der Waals surface area contributed by atoms with Crippen LogP contribution in [-0.2, 0) is 9.59 Å². The smallest absolute Gasteiger partial charge is 0.279 e. The van der Waals surface area contributed by atoms with E-state index < -0.39 is 0 Å². The van der Waals surface area contributed by atoms with E-state index in [1.54, 1.807) is 6.07 Å². The van der Waals surface area contributed by atoms with Gasteiger partial charge in [0, 0.05) is 5.54 Å². The molecule has 0 aliphatic rings. The Bertz CT molecular complexity index is 538. The molecule has 0 saturated carbocycles. The summed E-state index contributed by atoms with van der Waals surface area (Å²) in [6, 6.07) is 7.30. The normalized spacial score (nSPS) is 12.4. The van der Waals surface area contributed by atoms with Gasteiger partial charge in [-0.3, -0.25) is 9.59 Å². The molecule has 1 unspecified atom stereocenters. The summed E-state index contributed by atoms with van der Waals surface area (Å²) in [4.78, 5) is 24.8. The topological polar surface area (TPSA) is 71.9 Å². The SMILES string of the molecule is CCOc1ccccc1NC(=O)C[NH+](C)CC(=O)NC(C)(C)C. The highest BCUT2D eigenvalue weighted by molar-refractivity contribution is 5.93. The monoisotopic (exact) mass is 322 g/mol. The van der Waals surface area contributed by atoms with E-state index in [2.05, 4.69) is 10.6 Å². The molecule has 0 saturated heterocycles. The van der Waals surface area contributed by atoms with E-state index in [0.717, 1.165) is 4.90 Å². The molecule has 3 N–H and O–H groups in total. The van der Waals surface area contributed by atoms with E-state index in [9.17, 15) is 9.59 Å². The first-order valence-electron chi connectivity index (χ1n) is 7.85. The van der Waals surface area contributed by atoms with Crippen molar-refractivity contribution in [3.8, 4) is 5.75 Å². The van der Waals surface area contributed by atoms with Crippen molar-refractivity contribution >= 4 is 17.5 Å². The van der Waals surface area contributed by atoms with Gasteiger partial charge >= 0.3 is 0 Å². The number of ether oxygens (including phenoxy) is 1. The lowest BCUT2D eigenvalue weighted by Gasteiger charge is -2.21. The highest BCUT2D eigenvalue weighted by atomic mass is 16.5. The van der Waals surface area contributed by atoms with Gasteiger partial charge in [0.05, 0.1) is 19.3 Å². The van der Waals surface area contributed by atoms with Gasteiger partial charge in [0.2, 0.25) is 0 Å². The summed E-state index contributed by atoms with van der Waals surface area (Å²) < 4.78 is 5.48. The number of benzene rings is 1. The second-order valence-corrected chi connectivity index (χ2v) is 6.59. The molecule has 6 nitrogen and oxygen atoms in total. The third-order valence-electron chi connectivity index (χ3n) is 2.90. The van der Waals surface area contributed by atoms with Gasteiger partial charge in [0.25, 0.3) is 11.8 Å². The predicted octanol–water partition coefficient (Wildman–Crippen LogP) is 0.453. The molecule has 0 aliphatic heterocycles. The van der Waals surface area contributed by atoms with Crippen molar-refractivity contribution < 1.29 is 19.2 Å². The Balaban J connectivity index is 2.52. The highest BCUT2D eigenvalue weighted by Crippen LogP contribution is 2.23. The summed E-state index contributed by atoms with van der Waals surface area (Å²) in [6.07, 6.45) is 0. The lowest BCUT2D eigenvalue weighted by Crippen LogP contribution is -3.11. The molecule has 2 amide bonds. The van der Waals surface area contributed by atoms with Gasteiger partial charge in [-0.2, -0.15) is 0 Å². The quantitative estimate of drug-likeness (QED) is 0.683. The number of anilines is 1. The van der Waals surface area contributed by atoms with Crippen LogP contribution in [0.2, 0.25) is 0 Å². The Morgan fingerprint density at radius 3 is 2.35 bits per heavy atom. The second-order valence-electron chi connectivity index (χ2n) is 6.59. The van der Waals surface area contributed by atoms with Crippen LogP contribution in [0.3, 0.4) is 0 Å². The molecule has 0 fully saturated rings. The van der Waals surface area contributed by atoms with E-state index >= 15 is 0 Å². The molecule has 23 heavy (non-hydrogen) atoms. The lowest BCUT2D eigenvalue weighted by atomic mass is 10.1. The Morgan fingerprint density at radius 1 is 1.13 bits per heavy atom. The van der Waals surface area contributed by atoms with Crippen LogP contribution in [0.15, 0.2) is 24.3 Å². The molecule has 128 valence electrons. The number of nitrogens with one attached hydrogen (secondary N) is 3. The Kier molecular flexibility index (Phi) is 7.03. The van der Waals surface area contributed by atoms with Crippen LogP contribution in [-0.4, -0.2) is 44.1 Å². The van der Waals surface area contributed by atoms with Gasteiger partial charge < -0.3 is 20.3 Å². The van der Waals surface area contributed by atoms with Crippen molar-refractivity contribution in [1.29, 1.82) is 0 Å². The fourth-order valence-electron chi connectivity index (χ4n) is 2.12. The molecule has 1 atom stereocenters. The van der Waals surface area contributed by atoms with E-state index in [4.69, 9.17) is 4.74 Å². The summed E-state index contributed by atoms with van der Waals surface area (Å²) in [5, 5.41) is 5.72. The van der Waals surface area contributed by atoms with Crippen molar-refractivity contribution in [2.45, 2.75) is 33.2 Å². The van der Waals surface area contributed by atoms with Crippen LogP contribution in [0.1, 0.15) is 27.7 Å². The number of para-hydroxylation sites is 2. The Morgan fingerprint density at radius 2 is 1.74 bits per heavy atom. The minimum atomic E-state index is -0.268. The van der Waals surface area contributed by atoms with Crippen molar-refractivity contribution in [2.75, 3.05) is 32.1 Å². The zero-order chi connectivity index (χ0) is 17.5. The summed E-state index contributed by atoms with van der Waals surface area (Å²) in [7, 11) is 1.82. The summed E-state index contributed by atoms with van der Waals surface area (Å²) >= 11 is 0. The maximum atomic E-state index is 12.1. The van der Waals surface area contributed by atoms with Crippen molar-refractivity contribution in [3.05, 3.63) is 24.3 Å². The van der Waals surface area contributed by atoms with Gasteiger partial charge in [-0.1, -0.05) is 12.1 Å². The number of carbonyl (C=O) groups excluding carboxylic acids is 2. The third kappa shape index (κ3) is 7.65. The maximum absolute atomic E-state index is 12.1. The summed E-state index contributed by atoms with van der Waals surface area (Å²) in [5.74, 6) is 0.419. The molecule has 0 radical (unpaired) electrons. The van der Waals surface area contributed by atoms with Crippen molar-refractivity contribution in [3.63, 3.8) is 0 Å². The van der Waals surface area contributed by atoms with Crippen LogP contribution < -0.4 is 20.3 Å². The van der Waals surface area contributed by atoms with Gasteiger partial charge in [-0.25, -0.2) is 0 Å². The van der Waals surface area contributed by atoms with Crippen LogP contribution >= 0.6 is 0 Å². The van der Waals surface area contributed by atoms with E-state index in [0.29, 0.717) is 18.0 Å². The zero-order valence-electron chi connectivity index (χ0n) is 14.7. The summed E-state index contributed by atoms with van der Waals surface area (Å²) in [6.45, 7) is 8.66. The second kappa shape index (κ2) is 8.53. The van der Waals surface area contributed by atoms with E-state index in [1.807, 2.05) is 52.9 Å². The fraction of sp³-hybridized carbons (Fsp3) is 0.529. The van der Waals surface area contributed by atoms with Crippen LogP contribution in [0.5, 0.6) is 5.75 Å².